The molecule has 0 saturated heterocycles. The summed E-state index contributed by atoms with van der Waals surface area (Å²) in [5.41, 5.74) is 13.6. The highest BCUT2D eigenvalue weighted by Gasteiger charge is 2.30. The summed E-state index contributed by atoms with van der Waals surface area (Å²) >= 11 is 0. The maximum absolute atomic E-state index is 16.1. The Labute approximate surface area is 365 Å². The Morgan fingerprint density at radius 2 is 0.794 bits per heavy atom. The molecule has 0 amide bonds. The molecule has 0 spiro atoms. The lowest BCUT2D eigenvalue weighted by molar-refractivity contribution is 0.628. The summed E-state index contributed by atoms with van der Waals surface area (Å²) in [5.74, 6) is -0.637. The highest BCUT2D eigenvalue weighted by molar-refractivity contribution is 6.18. The number of nitrogens with zero attached hydrogens (tertiary/aromatic N) is 3. The fourth-order valence-electron chi connectivity index (χ4n) is 9.00. The summed E-state index contributed by atoms with van der Waals surface area (Å²) in [6.45, 7) is 0. The Morgan fingerprint density at radius 1 is 0.317 bits per heavy atom. The largest absolute Gasteiger partial charge is 0.309 e. The third-order valence-electron chi connectivity index (χ3n) is 11.9. The van der Waals surface area contributed by atoms with E-state index >= 15 is 8.78 Å². The molecular formula is C58H39F2N3. The summed E-state index contributed by atoms with van der Waals surface area (Å²) in [6, 6.07) is 78.3. The normalized spacial score (nSPS) is 11.6. The second-order valence-electron chi connectivity index (χ2n) is 15.6. The van der Waals surface area contributed by atoms with Gasteiger partial charge in [0.1, 0.15) is 11.6 Å². The van der Waals surface area contributed by atoms with Gasteiger partial charge in [-0.1, -0.05) is 152 Å². The molecule has 0 radical (unpaired) electrons. The summed E-state index contributed by atoms with van der Waals surface area (Å²) < 4.78 is 32.0. The minimum absolute atomic E-state index is 0.317. The summed E-state index contributed by atoms with van der Waals surface area (Å²) in [5, 5.41) is 2.02. The zero-order valence-corrected chi connectivity index (χ0v) is 34.1. The van der Waals surface area contributed by atoms with Gasteiger partial charge in [0.05, 0.1) is 28.4 Å². The predicted molar refractivity (Wildman–Crippen MR) is 258 cm³/mol. The third kappa shape index (κ3) is 6.77. The van der Waals surface area contributed by atoms with Crippen LogP contribution in [0.1, 0.15) is 0 Å². The molecule has 3 nitrogen and oxygen atoms in total. The molecule has 0 N–H and O–H groups in total. The highest BCUT2D eigenvalue weighted by Crippen LogP contribution is 2.55. The number of rotatable bonds is 9. The number of hydrogen-bond acceptors (Lipinski definition) is 3. The van der Waals surface area contributed by atoms with Crippen LogP contribution in [0, 0.1) is 11.6 Å². The molecule has 1 aliphatic rings. The first kappa shape index (κ1) is 37.7. The Kier molecular flexibility index (Phi) is 9.55. The quantitative estimate of drug-likeness (QED) is 0.144. The van der Waals surface area contributed by atoms with Crippen LogP contribution in [0.3, 0.4) is 0 Å². The lowest BCUT2D eigenvalue weighted by Gasteiger charge is -2.36. The summed E-state index contributed by atoms with van der Waals surface area (Å²) in [4.78, 5) is 6.30. The fraction of sp³-hybridized carbons (Fsp3) is 0. The average molecular weight is 816 g/mol. The van der Waals surface area contributed by atoms with E-state index < -0.39 is 0 Å². The van der Waals surface area contributed by atoms with Crippen molar-refractivity contribution in [3.05, 3.63) is 248 Å². The summed E-state index contributed by atoms with van der Waals surface area (Å²) in [6.07, 6.45) is 0. The van der Waals surface area contributed by atoms with Gasteiger partial charge in [0.15, 0.2) is 0 Å². The monoisotopic (exact) mass is 815 g/mol. The molecule has 300 valence electrons. The Bertz CT molecular complexity index is 3240. The first-order valence-corrected chi connectivity index (χ1v) is 21.1. The van der Waals surface area contributed by atoms with Crippen molar-refractivity contribution >= 4 is 62.0 Å². The van der Waals surface area contributed by atoms with Crippen molar-refractivity contribution in [2.45, 2.75) is 0 Å². The Hall–Kier alpha value is -8.28. The topological polar surface area (TPSA) is 9.72 Å². The van der Waals surface area contributed by atoms with Crippen LogP contribution in [-0.2, 0) is 0 Å². The van der Waals surface area contributed by atoms with Crippen molar-refractivity contribution in [2.24, 2.45) is 0 Å². The van der Waals surface area contributed by atoms with Gasteiger partial charge in [-0.15, -0.1) is 0 Å². The minimum atomic E-state index is -0.320. The van der Waals surface area contributed by atoms with Crippen LogP contribution in [0.4, 0.5) is 60.0 Å². The molecule has 63 heavy (non-hydrogen) atoms. The second kappa shape index (κ2) is 16.0. The number of benzene rings is 10. The van der Waals surface area contributed by atoms with Crippen molar-refractivity contribution in [1.29, 1.82) is 0 Å². The van der Waals surface area contributed by atoms with E-state index in [-0.39, 0.29) is 11.6 Å². The molecular weight excluding hydrogens is 777 g/mol. The van der Waals surface area contributed by atoms with Crippen LogP contribution in [0.5, 0.6) is 0 Å². The molecule has 1 heterocycles. The molecule has 0 saturated carbocycles. The smallest absolute Gasteiger partial charge is 0.147 e. The van der Waals surface area contributed by atoms with E-state index in [9.17, 15) is 0 Å². The molecule has 10 aromatic carbocycles. The number of fused-ring (bicyclic) bond motifs is 2. The standard InChI is InChI=1S/C58H39F2N3/c59-51-22-10-12-24-54(51)61(45-31-27-42(28-32-45)40-15-4-1-5-16-40)47-35-36-48-49-37-38-53(50-21-14-26-56(58(49)50)63(57(48)39-47)44-19-8-3-9-20-44)62(55-25-13-11-23-52(55)60)46-33-29-43(30-34-46)41-17-6-2-7-18-41/h1-39H. The maximum Gasteiger partial charge on any atom is 0.147 e. The first-order valence-electron chi connectivity index (χ1n) is 21.1. The molecule has 0 aliphatic carbocycles. The van der Waals surface area contributed by atoms with Crippen LogP contribution in [0.2, 0.25) is 0 Å². The predicted octanol–water partition coefficient (Wildman–Crippen LogP) is 16.8. The number of hydrogen-bond donors (Lipinski definition) is 0. The lowest BCUT2D eigenvalue weighted by atomic mass is 9.89. The average Bonchev–Trinajstić information content (AvgIpc) is 3.35. The number of anilines is 9. The maximum atomic E-state index is 16.1. The van der Waals surface area contributed by atoms with Crippen molar-refractivity contribution in [2.75, 3.05) is 14.7 Å². The lowest BCUT2D eigenvalue weighted by Crippen LogP contribution is -2.18. The summed E-state index contributed by atoms with van der Waals surface area (Å²) in [7, 11) is 0. The van der Waals surface area contributed by atoms with E-state index in [0.717, 1.165) is 84.0 Å². The first-order chi connectivity index (χ1) is 31.1. The molecule has 0 aromatic heterocycles. The molecule has 0 fully saturated rings. The van der Waals surface area contributed by atoms with Gasteiger partial charge < -0.3 is 14.7 Å². The second-order valence-corrected chi connectivity index (χ2v) is 15.6. The van der Waals surface area contributed by atoms with Crippen LogP contribution in [0.15, 0.2) is 237 Å². The van der Waals surface area contributed by atoms with Crippen LogP contribution < -0.4 is 14.7 Å². The fourth-order valence-corrected chi connectivity index (χ4v) is 9.00. The Morgan fingerprint density at radius 3 is 1.38 bits per heavy atom. The highest BCUT2D eigenvalue weighted by atomic mass is 19.1. The van der Waals surface area contributed by atoms with E-state index in [1.165, 1.54) is 12.1 Å². The van der Waals surface area contributed by atoms with Gasteiger partial charge in [0, 0.05) is 39.1 Å². The van der Waals surface area contributed by atoms with Gasteiger partial charge in [0.2, 0.25) is 0 Å². The van der Waals surface area contributed by atoms with Crippen molar-refractivity contribution in [3.8, 4) is 33.4 Å². The van der Waals surface area contributed by atoms with Gasteiger partial charge in [-0.25, -0.2) is 8.78 Å². The zero-order valence-electron chi connectivity index (χ0n) is 34.1. The van der Waals surface area contributed by atoms with Crippen molar-refractivity contribution < 1.29 is 8.78 Å². The van der Waals surface area contributed by atoms with E-state index in [2.05, 4.69) is 138 Å². The van der Waals surface area contributed by atoms with Crippen LogP contribution in [-0.4, -0.2) is 0 Å². The van der Waals surface area contributed by atoms with Gasteiger partial charge >= 0.3 is 0 Å². The number of para-hydroxylation sites is 3. The van der Waals surface area contributed by atoms with Crippen molar-refractivity contribution in [3.63, 3.8) is 0 Å². The molecule has 0 bridgehead atoms. The van der Waals surface area contributed by atoms with Crippen LogP contribution >= 0.6 is 0 Å². The molecule has 1 aliphatic heterocycles. The van der Waals surface area contributed by atoms with E-state index in [0.29, 0.717) is 11.4 Å². The van der Waals surface area contributed by atoms with E-state index in [1.54, 1.807) is 12.1 Å². The van der Waals surface area contributed by atoms with Crippen molar-refractivity contribution in [1.82, 2.24) is 0 Å². The van der Waals surface area contributed by atoms with Gasteiger partial charge in [0.25, 0.3) is 0 Å². The molecule has 10 aromatic rings. The zero-order chi connectivity index (χ0) is 42.3. The van der Waals surface area contributed by atoms with E-state index in [4.69, 9.17) is 0 Å². The number of halogens is 2. The van der Waals surface area contributed by atoms with E-state index in [1.807, 2.05) is 88.7 Å². The van der Waals surface area contributed by atoms with Gasteiger partial charge in [-0.05, 0) is 113 Å². The van der Waals surface area contributed by atoms with Gasteiger partial charge in [-0.3, -0.25) is 0 Å². The molecule has 5 heteroatoms. The van der Waals surface area contributed by atoms with Crippen LogP contribution in [0.25, 0.3) is 44.2 Å². The minimum Gasteiger partial charge on any atom is -0.309 e. The molecule has 0 atom stereocenters. The SMILES string of the molecule is Fc1ccccc1N(c1ccc(-c2ccccc2)cc1)c1ccc2c(c1)N(c1ccccc1)c1cccc3c(N(c4ccc(-c5ccccc5)cc4)c4ccccc4F)ccc-2c13. The van der Waals surface area contributed by atoms with Gasteiger partial charge in [-0.2, -0.15) is 0 Å². The Balaban J connectivity index is 1.09. The molecule has 0 unspecified atom stereocenters. The third-order valence-corrected chi connectivity index (χ3v) is 11.9. The molecule has 11 rings (SSSR count).